The number of nitrogens with one attached hydrogen (secondary N) is 1. The van der Waals surface area contributed by atoms with Crippen molar-refractivity contribution in [2.24, 2.45) is 10.4 Å². The van der Waals surface area contributed by atoms with Crippen LogP contribution in [0.25, 0.3) is 6.08 Å². The van der Waals surface area contributed by atoms with Crippen molar-refractivity contribution in [3.05, 3.63) is 35.5 Å². The maximum absolute atomic E-state index is 12.3. The van der Waals surface area contributed by atoms with E-state index in [2.05, 4.69) is 4.99 Å². The predicted molar refractivity (Wildman–Crippen MR) is 82.1 cm³/mol. The van der Waals surface area contributed by atoms with Gasteiger partial charge in [-0.05, 0) is 23.8 Å². The summed E-state index contributed by atoms with van der Waals surface area (Å²) in [6.45, 7) is 5.49. The molecule has 1 N–H and O–H groups in total. The lowest BCUT2D eigenvalue weighted by Crippen LogP contribution is -2.29. The summed E-state index contributed by atoms with van der Waals surface area (Å²) < 4.78 is 41.9. The largest absolute Gasteiger partial charge is 0.471 e. The SMILES string of the molecule is CC(C)(C)C1=N/C(=C/c2cccc(NC(=O)C(F)(F)F)c2)C(=O)O1. The maximum atomic E-state index is 12.3. The molecular weight excluding hydrogens is 325 g/mol. The zero-order chi connectivity index (χ0) is 18.1. The second kappa shape index (κ2) is 6.10. The van der Waals surface area contributed by atoms with Crippen molar-refractivity contribution in [2.75, 3.05) is 5.32 Å². The molecule has 128 valence electrons. The Hall–Kier alpha value is -2.64. The van der Waals surface area contributed by atoms with Crippen LogP contribution in [0.4, 0.5) is 18.9 Å². The summed E-state index contributed by atoms with van der Waals surface area (Å²) in [5.41, 5.74) is -0.0496. The molecule has 1 aromatic rings. The molecular formula is C16H15F3N2O3. The van der Waals surface area contributed by atoms with Crippen LogP contribution >= 0.6 is 0 Å². The summed E-state index contributed by atoms with van der Waals surface area (Å²) in [6.07, 6.45) is -3.60. The van der Waals surface area contributed by atoms with Crippen molar-refractivity contribution in [2.45, 2.75) is 26.9 Å². The van der Waals surface area contributed by atoms with E-state index in [4.69, 9.17) is 4.74 Å². The molecule has 0 aliphatic carbocycles. The van der Waals surface area contributed by atoms with Crippen molar-refractivity contribution < 1.29 is 27.5 Å². The maximum Gasteiger partial charge on any atom is 0.471 e. The summed E-state index contributed by atoms with van der Waals surface area (Å²) in [5.74, 6) is -2.44. The number of alkyl halides is 3. The van der Waals surface area contributed by atoms with Gasteiger partial charge in [-0.3, -0.25) is 4.79 Å². The van der Waals surface area contributed by atoms with Crippen molar-refractivity contribution >= 4 is 29.5 Å². The van der Waals surface area contributed by atoms with E-state index in [9.17, 15) is 22.8 Å². The molecule has 24 heavy (non-hydrogen) atoms. The highest BCUT2D eigenvalue weighted by Crippen LogP contribution is 2.26. The molecule has 1 aliphatic rings. The molecule has 0 unspecified atom stereocenters. The van der Waals surface area contributed by atoms with Gasteiger partial charge in [0.25, 0.3) is 0 Å². The Bertz CT molecular complexity index is 744. The van der Waals surface area contributed by atoms with E-state index in [1.54, 1.807) is 11.4 Å². The van der Waals surface area contributed by atoms with E-state index in [0.29, 0.717) is 5.56 Å². The first-order valence-electron chi connectivity index (χ1n) is 6.98. The Balaban J connectivity index is 2.25. The molecule has 5 nitrogen and oxygen atoms in total. The van der Waals surface area contributed by atoms with Gasteiger partial charge >= 0.3 is 18.1 Å². The average molecular weight is 340 g/mol. The van der Waals surface area contributed by atoms with E-state index in [1.165, 1.54) is 24.3 Å². The third kappa shape index (κ3) is 4.21. The first-order valence-corrected chi connectivity index (χ1v) is 6.98. The summed E-state index contributed by atoms with van der Waals surface area (Å²) in [6, 6.07) is 5.62. The number of hydrogen-bond acceptors (Lipinski definition) is 4. The van der Waals surface area contributed by atoms with Crippen LogP contribution in [-0.2, 0) is 14.3 Å². The Morgan fingerprint density at radius 2 is 1.92 bits per heavy atom. The minimum Gasteiger partial charge on any atom is -0.406 e. The number of carbonyl (C=O) groups is 2. The standard InChI is InChI=1S/C16H15F3N2O3/c1-15(2,3)14-21-11(12(22)24-14)8-9-5-4-6-10(7-9)20-13(23)16(17,18)19/h4-8H,1-3H3,(H,20,23)/b11-8+. The molecule has 8 heteroatoms. The monoisotopic (exact) mass is 340 g/mol. The second-order valence-corrected chi connectivity index (χ2v) is 6.16. The number of halogens is 3. The van der Waals surface area contributed by atoms with Gasteiger partial charge in [0.2, 0.25) is 5.90 Å². The number of amides is 1. The number of ether oxygens (including phenoxy) is 1. The van der Waals surface area contributed by atoms with E-state index in [0.717, 1.165) is 0 Å². The normalized spacial score (nSPS) is 16.8. The van der Waals surface area contributed by atoms with E-state index in [-0.39, 0.29) is 17.3 Å². The lowest BCUT2D eigenvalue weighted by atomic mass is 9.97. The number of aliphatic imine (C=N–C) groups is 1. The third-order valence-electron chi connectivity index (χ3n) is 2.97. The van der Waals surface area contributed by atoms with Crippen LogP contribution in [0.3, 0.4) is 0 Å². The predicted octanol–water partition coefficient (Wildman–Crippen LogP) is 3.53. The van der Waals surface area contributed by atoms with Gasteiger partial charge in [-0.2, -0.15) is 13.2 Å². The van der Waals surface area contributed by atoms with Crippen LogP contribution < -0.4 is 5.32 Å². The van der Waals surface area contributed by atoms with Gasteiger partial charge < -0.3 is 10.1 Å². The molecule has 2 rings (SSSR count). The van der Waals surface area contributed by atoms with Gasteiger partial charge in [-0.15, -0.1) is 0 Å². The van der Waals surface area contributed by atoms with Crippen LogP contribution in [0, 0.1) is 5.41 Å². The number of anilines is 1. The number of benzene rings is 1. The van der Waals surface area contributed by atoms with Gasteiger partial charge in [0, 0.05) is 11.1 Å². The molecule has 1 aliphatic heterocycles. The van der Waals surface area contributed by atoms with Crippen LogP contribution in [0.15, 0.2) is 35.0 Å². The van der Waals surface area contributed by atoms with Crippen LogP contribution in [0.2, 0.25) is 0 Å². The zero-order valence-electron chi connectivity index (χ0n) is 13.2. The fraction of sp³-hybridized carbons (Fsp3) is 0.312. The highest BCUT2D eigenvalue weighted by molar-refractivity contribution is 6.08. The Morgan fingerprint density at radius 3 is 2.46 bits per heavy atom. The molecule has 0 fully saturated rings. The van der Waals surface area contributed by atoms with E-state index in [1.807, 2.05) is 20.8 Å². The van der Waals surface area contributed by atoms with Crippen LogP contribution in [-0.4, -0.2) is 24.0 Å². The molecule has 0 saturated heterocycles. The minimum atomic E-state index is -4.98. The fourth-order valence-electron chi connectivity index (χ4n) is 1.80. The smallest absolute Gasteiger partial charge is 0.406 e. The molecule has 1 amide bonds. The summed E-state index contributed by atoms with van der Waals surface area (Å²) in [4.78, 5) is 26.9. The molecule has 0 spiro atoms. The highest BCUT2D eigenvalue weighted by Gasteiger charge is 2.38. The Kier molecular flexibility index (Phi) is 4.50. The van der Waals surface area contributed by atoms with Crippen molar-refractivity contribution in [3.63, 3.8) is 0 Å². The molecule has 0 atom stereocenters. The number of rotatable bonds is 2. The van der Waals surface area contributed by atoms with Gasteiger partial charge in [-0.25, -0.2) is 9.79 Å². The lowest BCUT2D eigenvalue weighted by molar-refractivity contribution is -0.167. The lowest BCUT2D eigenvalue weighted by Gasteiger charge is -2.15. The quantitative estimate of drug-likeness (QED) is 0.661. The molecule has 0 aromatic heterocycles. The molecule has 0 bridgehead atoms. The Labute approximate surface area is 136 Å². The van der Waals surface area contributed by atoms with Gasteiger partial charge in [0.1, 0.15) is 0 Å². The summed E-state index contributed by atoms with van der Waals surface area (Å²) >= 11 is 0. The minimum absolute atomic E-state index is 0.0409. The average Bonchev–Trinajstić information content (AvgIpc) is 2.79. The van der Waals surface area contributed by atoms with E-state index < -0.39 is 23.5 Å². The fourth-order valence-corrected chi connectivity index (χ4v) is 1.80. The van der Waals surface area contributed by atoms with E-state index >= 15 is 0 Å². The first-order chi connectivity index (χ1) is 11.0. The summed E-state index contributed by atoms with van der Waals surface area (Å²) in [7, 11) is 0. The van der Waals surface area contributed by atoms with Crippen LogP contribution in [0.1, 0.15) is 26.3 Å². The number of cyclic esters (lactones) is 1. The highest BCUT2D eigenvalue weighted by atomic mass is 19.4. The number of esters is 1. The van der Waals surface area contributed by atoms with Crippen molar-refractivity contribution in [1.29, 1.82) is 0 Å². The third-order valence-corrected chi connectivity index (χ3v) is 2.97. The Morgan fingerprint density at radius 1 is 1.25 bits per heavy atom. The first kappa shape index (κ1) is 17.7. The number of carbonyl (C=O) groups excluding carboxylic acids is 2. The van der Waals surface area contributed by atoms with Crippen LogP contribution in [0.5, 0.6) is 0 Å². The molecule has 1 aromatic carbocycles. The number of nitrogens with zero attached hydrogens (tertiary/aromatic N) is 1. The molecule has 0 radical (unpaired) electrons. The second-order valence-electron chi connectivity index (χ2n) is 6.16. The van der Waals surface area contributed by atoms with Gasteiger partial charge in [0.05, 0.1) is 0 Å². The number of hydrogen-bond donors (Lipinski definition) is 1. The molecule has 1 heterocycles. The molecule has 0 saturated carbocycles. The van der Waals surface area contributed by atoms with Gasteiger partial charge in [0.15, 0.2) is 5.70 Å². The topological polar surface area (TPSA) is 67.8 Å². The van der Waals surface area contributed by atoms with Crippen molar-refractivity contribution in [1.82, 2.24) is 0 Å². The zero-order valence-corrected chi connectivity index (χ0v) is 13.2. The van der Waals surface area contributed by atoms with Crippen molar-refractivity contribution in [3.8, 4) is 0 Å². The van der Waals surface area contributed by atoms with Gasteiger partial charge in [-0.1, -0.05) is 32.9 Å². The summed E-state index contributed by atoms with van der Waals surface area (Å²) in [5, 5.41) is 1.75.